The molecule has 5 heteroatoms. The second-order valence-corrected chi connectivity index (χ2v) is 5.75. The lowest BCUT2D eigenvalue weighted by Crippen LogP contribution is -2.23. The van der Waals surface area contributed by atoms with Gasteiger partial charge in [-0.1, -0.05) is 58.4 Å². The fourth-order valence-corrected chi connectivity index (χ4v) is 3.12. The number of fused-ring (bicyclic) bond motifs is 1. The van der Waals surface area contributed by atoms with Gasteiger partial charge in [0.2, 0.25) is 0 Å². The second-order valence-electron chi connectivity index (χ2n) is 5.19. The third kappa shape index (κ3) is 2.95. The van der Waals surface area contributed by atoms with Crippen LogP contribution >= 0.6 is 15.9 Å². The van der Waals surface area contributed by atoms with Crippen molar-refractivity contribution in [3.63, 3.8) is 0 Å². The molecule has 2 aromatic rings. The lowest BCUT2D eigenvalue weighted by molar-refractivity contribution is 0.0829. The Morgan fingerprint density at radius 1 is 1.32 bits per heavy atom. The number of primary amides is 1. The normalized spacial score (nSPS) is 17.4. The topological polar surface area (TPSA) is 61.6 Å². The zero-order chi connectivity index (χ0) is 15.5. The van der Waals surface area contributed by atoms with E-state index in [2.05, 4.69) is 22.0 Å². The predicted molar refractivity (Wildman–Crippen MR) is 87.2 cm³/mol. The summed E-state index contributed by atoms with van der Waals surface area (Å²) in [6.07, 6.45) is -1.23. The number of ether oxygens (including phenoxy) is 2. The summed E-state index contributed by atoms with van der Waals surface area (Å²) in [7, 11) is 0. The van der Waals surface area contributed by atoms with Gasteiger partial charge in [0.05, 0.1) is 12.5 Å². The summed E-state index contributed by atoms with van der Waals surface area (Å²) in [5.74, 6) is 0.771. The van der Waals surface area contributed by atoms with E-state index in [9.17, 15) is 4.79 Å². The van der Waals surface area contributed by atoms with Crippen LogP contribution in [0.2, 0.25) is 0 Å². The molecule has 0 saturated heterocycles. The fourth-order valence-electron chi connectivity index (χ4n) is 2.77. The van der Waals surface area contributed by atoms with Gasteiger partial charge < -0.3 is 15.2 Å². The van der Waals surface area contributed by atoms with Crippen LogP contribution in [0, 0.1) is 0 Å². The molecule has 0 aromatic heterocycles. The minimum absolute atomic E-state index is 0.0658. The first-order valence-corrected chi connectivity index (χ1v) is 8.14. The maximum absolute atomic E-state index is 11.3. The standard InChI is InChI=1S/C17H16BrNO3/c18-9-11-6-7-15-13(8-11)14(10-21-15)16(22-17(19)20)12-4-2-1-3-5-12/h1-8,14,16H,9-10H2,(H2,19,20). The molecule has 0 fully saturated rings. The van der Waals surface area contributed by atoms with E-state index in [1.807, 2.05) is 42.5 Å². The molecule has 114 valence electrons. The highest BCUT2D eigenvalue weighted by atomic mass is 79.9. The Morgan fingerprint density at radius 2 is 2.09 bits per heavy atom. The van der Waals surface area contributed by atoms with Crippen molar-refractivity contribution in [2.75, 3.05) is 6.61 Å². The maximum atomic E-state index is 11.3. The highest BCUT2D eigenvalue weighted by Crippen LogP contribution is 2.43. The molecule has 2 atom stereocenters. The van der Waals surface area contributed by atoms with Crippen LogP contribution in [0.4, 0.5) is 4.79 Å². The summed E-state index contributed by atoms with van der Waals surface area (Å²) in [4.78, 5) is 11.3. The van der Waals surface area contributed by atoms with Crippen LogP contribution in [0.15, 0.2) is 48.5 Å². The van der Waals surface area contributed by atoms with Gasteiger partial charge in [-0.15, -0.1) is 0 Å². The average molecular weight is 362 g/mol. The van der Waals surface area contributed by atoms with Gasteiger partial charge in [-0.2, -0.15) is 0 Å². The molecule has 0 radical (unpaired) electrons. The molecule has 2 N–H and O–H groups in total. The van der Waals surface area contributed by atoms with Gasteiger partial charge in [0.25, 0.3) is 0 Å². The molecular formula is C17H16BrNO3. The zero-order valence-corrected chi connectivity index (χ0v) is 13.5. The van der Waals surface area contributed by atoms with Crippen LogP contribution in [-0.2, 0) is 10.1 Å². The Kier molecular flexibility index (Phi) is 4.34. The molecule has 1 aliphatic heterocycles. The lowest BCUT2D eigenvalue weighted by atomic mass is 9.90. The van der Waals surface area contributed by atoms with Crippen molar-refractivity contribution >= 4 is 22.0 Å². The molecule has 3 rings (SSSR count). The highest BCUT2D eigenvalue weighted by molar-refractivity contribution is 9.08. The van der Waals surface area contributed by atoms with E-state index in [0.29, 0.717) is 6.61 Å². The molecular weight excluding hydrogens is 346 g/mol. The van der Waals surface area contributed by atoms with Crippen molar-refractivity contribution < 1.29 is 14.3 Å². The van der Waals surface area contributed by atoms with Gasteiger partial charge in [0.1, 0.15) is 11.9 Å². The van der Waals surface area contributed by atoms with Crippen LogP contribution in [-0.4, -0.2) is 12.7 Å². The van der Waals surface area contributed by atoms with Crippen molar-refractivity contribution in [3.8, 4) is 5.75 Å². The number of alkyl halides is 1. The SMILES string of the molecule is NC(=O)OC(c1ccccc1)C1COc2ccc(CBr)cc21. The number of carbonyl (C=O) groups is 1. The van der Waals surface area contributed by atoms with E-state index in [0.717, 1.165) is 27.8 Å². The minimum atomic E-state index is -0.779. The van der Waals surface area contributed by atoms with Gasteiger partial charge in [-0.3, -0.25) is 0 Å². The molecule has 1 aliphatic rings. The number of nitrogens with two attached hydrogens (primary N) is 1. The molecule has 0 spiro atoms. The minimum Gasteiger partial charge on any atom is -0.492 e. The van der Waals surface area contributed by atoms with E-state index in [1.54, 1.807) is 0 Å². The number of hydrogen-bond donors (Lipinski definition) is 1. The molecule has 0 bridgehead atoms. The van der Waals surface area contributed by atoms with Crippen LogP contribution in [0.5, 0.6) is 5.75 Å². The molecule has 2 aromatic carbocycles. The third-order valence-electron chi connectivity index (χ3n) is 3.78. The van der Waals surface area contributed by atoms with Crippen LogP contribution in [0.25, 0.3) is 0 Å². The molecule has 4 nitrogen and oxygen atoms in total. The summed E-state index contributed by atoms with van der Waals surface area (Å²) in [6, 6.07) is 15.7. The first-order valence-electron chi connectivity index (χ1n) is 7.01. The zero-order valence-electron chi connectivity index (χ0n) is 11.9. The summed E-state index contributed by atoms with van der Waals surface area (Å²) in [5, 5.41) is 0.764. The molecule has 2 unspecified atom stereocenters. The summed E-state index contributed by atoms with van der Waals surface area (Å²) in [6.45, 7) is 0.466. The van der Waals surface area contributed by atoms with Crippen molar-refractivity contribution in [1.82, 2.24) is 0 Å². The highest BCUT2D eigenvalue weighted by Gasteiger charge is 2.35. The average Bonchev–Trinajstić information content (AvgIpc) is 2.96. The first-order chi connectivity index (χ1) is 10.7. The Balaban J connectivity index is 1.99. The van der Waals surface area contributed by atoms with Crippen LogP contribution < -0.4 is 10.5 Å². The van der Waals surface area contributed by atoms with Crippen LogP contribution in [0.1, 0.15) is 28.7 Å². The first kappa shape index (κ1) is 14.9. The van der Waals surface area contributed by atoms with Crippen LogP contribution in [0.3, 0.4) is 0 Å². The summed E-state index contributed by atoms with van der Waals surface area (Å²) in [5.41, 5.74) is 8.38. The Labute approximate surface area is 137 Å². The van der Waals surface area contributed by atoms with E-state index < -0.39 is 12.2 Å². The van der Waals surface area contributed by atoms with Crippen molar-refractivity contribution in [3.05, 3.63) is 65.2 Å². The number of benzene rings is 2. The molecule has 0 aliphatic carbocycles. The monoisotopic (exact) mass is 361 g/mol. The maximum Gasteiger partial charge on any atom is 0.405 e. The molecule has 1 heterocycles. The van der Waals surface area contributed by atoms with E-state index in [1.165, 1.54) is 0 Å². The molecule has 1 amide bonds. The van der Waals surface area contributed by atoms with E-state index >= 15 is 0 Å². The number of rotatable bonds is 4. The Bertz CT molecular complexity index is 675. The Morgan fingerprint density at radius 3 is 2.77 bits per heavy atom. The summed E-state index contributed by atoms with van der Waals surface area (Å²) >= 11 is 3.46. The van der Waals surface area contributed by atoms with E-state index in [-0.39, 0.29) is 5.92 Å². The number of halogens is 1. The van der Waals surface area contributed by atoms with E-state index in [4.69, 9.17) is 15.2 Å². The van der Waals surface area contributed by atoms with Gasteiger partial charge in [-0.05, 0) is 17.2 Å². The number of amides is 1. The van der Waals surface area contributed by atoms with Gasteiger partial charge in [0, 0.05) is 10.9 Å². The lowest BCUT2D eigenvalue weighted by Gasteiger charge is -2.22. The summed E-state index contributed by atoms with van der Waals surface area (Å²) < 4.78 is 11.1. The smallest absolute Gasteiger partial charge is 0.405 e. The molecule has 22 heavy (non-hydrogen) atoms. The van der Waals surface area contributed by atoms with Gasteiger partial charge in [0.15, 0.2) is 0 Å². The number of carbonyl (C=O) groups excluding carboxylic acids is 1. The van der Waals surface area contributed by atoms with Crippen molar-refractivity contribution in [2.45, 2.75) is 17.4 Å². The van der Waals surface area contributed by atoms with Crippen molar-refractivity contribution in [2.24, 2.45) is 5.73 Å². The molecule has 0 saturated carbocycles. The largest absolute Gasteiger partial charge is 0.492 e. The quantitative estimate of drug-likeness (QED) is 0.840. The second kappa shape index (κ2) is 6.40. The Hall–Kier alpha value is -2.01. The third-order valence-corrected chi connectivity index (χ3v) is 4.43. The van der Waals surface area contributed by atoms with Gasteiger partial charge in [-0.25, -0.2) is 4.79 Å². The predicted octanol–water partition coefficient (Wildman–Crippen LogP) is 3.89. The van der Waals surface area contributed by atoms with Gasteiger partial charge >= 0.3 is 6.09 Å². The number of hydrogen-bond acceptors (Lipinski definition) is 3. The fraction of sp³-hybridized carbons (Fsp3) is 0.235. The van der Waals surface area contributed by atoms with Crippen molar-refractivity contribution in [1.29, 1.82) is 0 Å².